The molecule has 0 bridgehead atoms. The lowest BCUT2D eigenvalue weighted by atomic mass is 10.9. The summed E-state index contributed by atoms with van der Waals surface area (Å²) < 4.78 is 27.1. The highest BCUT2D eigenvalue weighted by Crippen LogP contribution is 1.89. The Morgan fingerprint density at radius 2 is 2.25 bits per heavy atom. The van der Waals surface area contributed by atoms with Crippen molar-refractivity contribution in [2.75, 3.05) is 6.61 Å². The van der Waals surface area contributed by atoms with Gasteiger partial charge in [0.1, 0.15) is 0 Å². The van der Waals surface area contributed by atoms with Crippen molar-refractivity contribution in [3.63, 3.8) is 0 Å². The van der Waals surface area contributed by atoms with E-state index in [1.807, 2.05) is 0 Å². The molecule has 0 heterocycles. The van der Waals surface area contributed by atoms with E-state index in [4.69, 9.17) is 0 Å². The molecule has 0 aliphatic carbocycles. The SMILES string of the molecule is C=NS(=O)(=O)OCC. The Labute approximate surface area is 48.4 Å². The van der Waals surface area contributed by atoms with Gasteiger partial charge >= 0.3 is 10.3 Å². The van der Waals surface area contributed by atoms with Crippen LogP contribution in [0, 0.1) is 0 Å². The van der Waals surface area contributed by atoms with E-state index in [0.29, 0.717) is 0 Å². The molecule has 0 saturated heterocycles. The molecule has 0 rings (SSSR count). The predicted octanol–water partition coefficient (Wildman–Crippen LogP) is -0.0317. The third-order valence-corrected chi connectivity index (χ3v) is 1.27. The van der Waals surface area contributed by atoms with Crippen LogP contribution >= 0.6 is 0 Å². The van der Waals surface area contributed by atoms with E-state index in [9.17, 15) is 8.42 Å². The average molecular weight is 137 g/mol. The Hall–Kier alpha value is -0.420. The summed E-state index contributed by atoms with van der Waals surface area (Å²) >= 11 is 0. The van der Waals surface area contributed by atoms with Gasteiger partial charge in [-0.25, -0.2) is 0 Å². The molecule has 0 amide bonds. The topological polar surface area (TPSA) is 55.7 Å². The molecule has 0 aromatic heterocycles. The van der Waals surface area contributed by atoms with Crippen LogP contribution in [0.3, 0.4) is 0 Å². The van der Waals surface area contributed by atoms with Crippen LogP contribution in [0.2, 0.25) is 0 Å². The molecule has 0 atom stereocenters. The molecule has 0 saturated carbocycles. The molecule has 0 aromatic rings. The van der Waals surface area contributed by atoms with Crippen molar-refractivity contribution in [2.45, 2.75) is 6.92 Å². The van der Waals surface area contributed by atoms with Gasteiger partial charge in [0.2, 0.25) is 0 Å². The van der Waals surface area contributed by atoms with Crippen LogP contribution in [0.5, 0.6) is 0 Å². The molecule has 4 nitrogen and oxygen atoms in total. The molecule has 0 fully saturated rings. The minimum atomic E-state index is -3.66. The average Bonchev–Trinajstić information content (AvgIpc) is 1.67. The second-order valence-electron chi connectivity index (χ2n) is 0.963. The highest BCUT2D eigenvalue weighted by Gasteiger charge is 2.01. The molecule has 8 heavy (non-hydrogen) atoms. The summed E-state index contributed by atoms with van der Waals surface area (Å²) in [6, 6.07) is 0. The lowest BCUT2D eigenvalue weighted by Gasteiger charge is -1.91. The van der Waals surface area contributed by atoms with Gasteiger partial charge in [-0.05, 0) is 6.92 Å². The monoisotopic (exact) mass is 137 g/mol. The molecule has 0 aliphatic heterocycles. The normalized spacial score (nSPS) is 11.1. The van der Waals surface area contributed by atoms with Crippen LogP contribution in [0.15, 0.2) is 4.40 Å². The molecule has 0 aliphatic rings. The van der Waals surface area contributed by atoms with E-state index >= 15 is 0 Å². The molecule has 0 spiro atoms. The summed E-state index contributed by atoms with van der Waals surface area (Å²) in [5.41, 5.74) is 0. The summed E-state index contributed by atoms with van der Waals surface area (Å²) in [5, 5.41) is 0. The Kier molecular flexibility index (Phi) is 2.64. The fourth-order valence-corrected chi connectivity index (χ4v) is 0.559. The van der Waals surface area contributed by atoms with Crippen LogP contribution in [-0.2, 0) is 14.5 Å². The van der Waals surface area contributed by atoms with Gasteiger partial charge in [0.05, 0.1) is 6.61 Å². The zero-order chi connectivity index (χ0) is 6.62. The highest BCUT2D eigenvalue weighted by atomic mass is 32.2. The van der Waals surface area contributed by atoms with Crippen molar-refractivity contribution < 1.29 is 12.6 Å². The van der Waals surface area contributed by atoms with E-state index < -0.39 is 10.3 Å². The van der Waals surface area contributed by atoms with Gasteiger partial charge in [0.15, 0.2) is 0 Å². The van der Waals surface area contributed by atoms with Gasteiger partial charge in [0.25, 0.3) is 0 Å². The van der Waals surface area contributed by atoms with E-state index in [1.54, 1.807) is 6.92 Å². The van der Waals surface area contributed by atoms with Crippen molar-refractivity contribution in [1.29, 1.82) is 0 Å². The first-order valence-corrected chi connectivity index (χ1v) is 3.36. The van der Waals surface area contributed by atoms with Gasteiger partial charge in [-0.1, -0.05) is 0 Å². The van der Waals surface area contributed by atoms with Crippen LogP contribution in [-0.4, -0.2) is 21.7 Å². The molecule has 0 unspecified atom stereocenters. The van der Waals surface area contributed by atoms with E-state index in [1.165, 1.54) is 0 Å². The fourth-order valence-electron chi connectivity index (χ4n) is 0.186. The van der Waals surface area contributed by atoms with E-state index in [2.05, 4.69) is 15.3 Å². The van der Waals surface area contributed by atoms with Crippen molar-refractivity contribution in [2.24, 2.45) is 4.40 Å². The standard InChI is InChI=1S/C3H7NO3S/c1-3-7-8(5,6)4-2/h2-3H2,1H3. The summed E-state index contributed by atoms with van der Waals surface area (Å²) in [4.78, 5) is 0. The maximum atomic E-state index is 10.1. The maximum absolute atomic E-state index is 10.1. The second-order valence-corrected chi connectivity index (χ2v) is 2.31. The Morgan fingerprint density at radius 3 is 2.38 bits per heavy atom. The lowest BCUT2D eigenvalue weighted by Crippen LogP contribution is -1.99. The first-order valence-electron chi connectivity index (χ1n) is 1.99. The predicted molar refractivity (Wildman–Crippen MR) is 30.1 cm³/mol. The first-order chi connectivity index (χ1) is 3.62. The van der Waals surface area contributed by atoms with Crippen LogP contribution < -0.4 is 0 Å². The number of hydrogen-bond acceptors (Lipinski definition) is 3. The number of nitrogens with zero attached hydrogens (tertiary/aromatic N) is 1. The smallest absolute Gasteiger partial charge is 0.253 e. The van der Waals surface area contributed by atoms with E-state index in [0.717, 1.165) is 0 Å². The van der Waals surface area contributed by atoms with Crippen molar-refractivity contribution in [3.05, 3.63) is 0 Å². The van der Waals surface area contributed by atoms with Crippen molar-refractivity contribution in [1.82, 2.24) is 0 Å². The summed E-state index contributed by atoms with van der Waals surface area (Å²) in [6.07, 6.45) is 0. The van der Waals surface area contributed by atoms with Gasteiger partial charge in [-0.2, -0.15) is 12.8 Å². The van der Waals surface area contributed by atoms with Crippen LogP contribution in [0.25, 0.3) is 0 Å². The van der Waals surface area contributed by atoms with Gasteiger partial charge in [-0.15, -0.1) is 0 Å². The zero-order valence-electron chi connectivity index (χ0n) is 4.49. The quantitative estimate of drug-likeness (QED) is 0.513. The third kappa shape index (κ3) is 2.70. The van der Waals surface area contributed by atoms with Gasteiger partial charge < -0.3 is 0 Å². The van der Waals surface area contributed by atoms with Crippen molar-refractivity contribution >= 4 is 17.0 Å². The molecular formula is C3H7NO3S. The summed E-state index contributed by atoms with van der Waals surface area (Å²) in [6.45, 7) is 4.44. The lowest BCUT2D eigenvalue weighted by molar-refractivity contribution is 0.339. The molecule has 5 heteroatoms. The van der Waals surface area contributed by atoms with Crippen LogP contribution in [0.1, 0.15) is 6.92 Å². The van der Waals surface area contributed by atoms with Gasteiger partial charge in [-0.3, -0.25) is 4.18 Å². The molecule has 48 valence electrons. The Morgan fingerprint density at radius 1 is 1.75 bits per heavy atom. The van der Waals surface area contributed by atoms with Crippen molar-refractivity contribution in [3.8, 4) is 0 Å². The molecular weight excluding hydrogens is 130 g/mol. The Balaban J connectivity index is 3.95. The van der Waals surface area contributed by atoms with E-state index in [-0.39, 0.29) is 6.61 Å². The van der Waals surface area contributed by atoms with Crippen LogP contribution in [0.4, 0.5) is 0 Å². The minimum absolute atomic E-state index is 0.0986. The molecule has 0 N–H and O–H groups in total. The molecule has 0 radical (unpaired) electrons. The largest absolute Gasteiger partial charge is 0.380 e. The highest BCUT2D eigenvalue weighted by molar-refractivity contribution is 7.85. The third-order valence-electron chi connectivity index (χ3n) is 0.425. The first kappa shape index (κ1) is 7.58. The fraction of sp³-hybridized carbons (Fsp3) is 0.667. The second kappa shape index (κ2) is 2.78. The summed E-state index contributed by atoms with van der Waals surface area (Å²) in [5.74, 6) is 0. The zero-order valence-corrected chi connectivity index (χ0v) is 5.31. The number of rotatable bonds is 3. The number of hydrogen-bond donors (Lipinski definition) is 0. The van der Waals surface area contributed by atoms with Gasteiger partial charge in [0, 0.05) is 6.72 Å². The maximum Gasteiger partial charge on any atom is 0.380 e. The summed E-state index contributed by atoms with van der Waals surface area (Å²) in [7, 11) is -3.66. The minimum Gasteiger partial charge on any atom is -0.253 e. The Bertz CT molecular complexity index is 159. The molecule has 0 aromatic carbocycles.